The minimum Gasteiger partial charge on any atom is -0.456 e. The molecule has 0 aliphatic carbocycles. The molecule has 3 heteroatoms. The third-order valence-corrected chi connectivity index (χ3v) is 2.50. The second-order valence-electron chi connectivity index (χ2n) is 5.22. The average Bonchev–Trinajstić information content (AvgIpc) is 2.27. The number of hydrogen-bond donors (Lipinski definition) is 0. The molecule has 3 nitrogen and oxygen atoms in total. The lowest BCUT2D eigenvalue weighted by atomic mass is 10.0. The molecule has 0 radical (unpaired) electrons. The monoisotopic (exact) mass is 248 g/mol. The molecule has 0 N–H and O–H groups in total. The minimum atomic E-state index is -0.529. The summed E-state index contributed by atoms with van der Waals surface area (Å²) in [6.07, 6.45) is 1.92. The Hall–Kier alpha value is -1.64. The van der Waals surface area contributed by atoms with E-state index in [9.17, 15) is 9.59 Å². The maximum Gasteiger partial charge on any atom is 0.338 e. The Kier molecular flexibility index (Phi) is 4.65. The van der Waals surface area contributed by atoms with Crippen LogP contribution in [0, 0.1) is 0 Å². The van der Waals surface area contributed by atoms with Crippen molar-refractivity contribution in [3.05, 3.63) is 34.9 Å². The van der Waals surface area contributed by atoms with E-state index >= 15 is 0 Å². The van der Waals surface area contributed by atoms with E-state index in [1.54, 1.807) is 6.07 Å². The summed E-state index contributed by atoms with van der Waals surface area (Å²) >= 11 is 0. The maximum atomic E-state index is 12.0. The molecule has 0 spiro atoms. The lowest BCUT2D eigenvalue weighted by Gasteiger charge is -2.20. The Morgan fingerprint density at radius 1 is 1.33 bits per heavy atom. The summed E-state index contributed by atoms with van der Waals surface area (Å²) in [5.74, 6) is -0.373. The van der Waals surface area contributed by atoms with Crippen LogP contribution in [0.2, 0.25) is 0 Å². The molecule has 0 aromatic heterocycles. The highest BCUT2D eigenvalue weighted by atomic mass is 16.6. The Bertz CT molecular complexity index is 442. The second-order valence-corrected chi connectivity index (χ2v) is 5.22. The van der Waals surface area contributed by atoms with Crippen molar-refractivity contribution >= 4 is 12.3 Å². The van der Waals surface area contributed by atoms with Crippen LogP contribution in [0.1, 0.15) is 49.2 Å². The number of carbonyl (C=O) groups is 2. The molecule has 0 atom stereocenters. The second kappa shape index (κ2) is 5.80. The predicted molar refractivity (Wildman–Crippen MR) is 70.8 cm³/mol. The first kappa shape index (κ1) is 14.4. The molecule has 0 saturated carbocycles. The molecule has 0 saturated heterocycles. The van der Waals surface area contributed by atoms with Gasteiger partial charge in [0.2, 0.25) is 0 Å². The van der Waals surface area contributed by atoms with Gasteiger partial charge in [0.25, 0.3) is 0 Å². The van der Waals surface area contributed by atoms with Gasteiger partial charge in [0.15, 0.2) is 0 Å². The molecular formula is C15H20O3. The van der Waals surface area contributed by atoms with Crippen LogP contribution in [0.5, 0.6) is 0 Å². The van der Waals surface area contributed by atoms with Crippen LogP contribution in [0.25, 0.3) is 0 Å². The van der Waals surface area contributed by atoms with Gasteiger partial charge in [0.1, 0.15) is 11.9 Å². The highest BCUT2D eigenvalue weighted by molar-refractivity contribution is 5.92. The number of ether oxygens (including phenoxy) is 1. The summed E-state index contributed by atoms with van der Waals surface area (Å²) < 4.78 is 5.33. The molecule has 0 heterocycles. The number of aldehydes is 1. The van der Waals surface area contributed by atoms with E-state index in [0.717, 1.165) is 23.8 Å². The van der Waals surface area contributed by atoms with Crippen molar-refractivity contribution in [2.75, 3.05) is 0 Å². The number of benzene rings is 1. The lowest BCUT2D eigenvalue weighted by Crippen LogP contribution is -2.24. The zero-order valence-corrected chi connectivity index (χ0v) is 11.4. The van der Waals surface area contributed by atoms with E-state index in [-0.39, 0.29) is 12.4 Å². The van der Waals surface area contributed by atoms with Crippen LogP contribution in [0.4, 0.5) is 0 Å². The highest BCUT2D eigenvalue weighted by Gasteiger charge is 2.20. The molecule has 0 aliphatic rings. The average molecular weight is 248 g/mol. The summed E-state index contributed by atoms with van der Waals surface area (Å²) in [5.41, 5.74) is 1.80. The van der Waals surface area contributed by atoms with Gasteiger partial charge in [0, 0.05) is 6.42 Å². The first-order valence-electron chi connectivity index (χ1n) is 6.16. The fourth-order valence-corrected chi connectivity index (χ4v) is 1.66. The molecule has 0 aliphatic heterocycles. The third-order valence-electron chi connectivity index (χ3n) is 2.50. The molecule has 98 valence electrons. The third kappa shape index (κ3) is 3.99. The summed E-state index contributed by atoms with van der Waals surface area (Å²) in [6.45, 7) is 7.51. The molecule has 18 heavy (non-hydrogen) atoms. The van der Waals surface area contributed by atoms with Gasteiger partial charge in [-0.3, -0.25) is 0 Å². The van der Waals surface area contributed by atoms with Crippen LogP contribution >= 0.6 is 0 Å². The minimum absolute atomic E-state index is 0.239. The number of rotatable bonds is 4. The van der Waals surface area contributed by atoms with E-state index < -0.39 is 5.60 Å². The molecule has 1 aromatic rings. The number of esters is 1. The van der Waals surface area contributed by atoms with Crippen LogP contribution in [-0.2, 0) is 22.4 Å². The fourth-order valence-electron chi connectivity index (χ4n) is 1.66. The van der Waals surface area contributed by atoms with Gasteiger partial charge in [-0.05, 0) is 44.4 Å². The first-order valence-corrected chi connectivity index (χ1v) is 6.16. The van der Waals surface area contributed by atoms with E-state index in [1.165, 1.54) is 0 Å². The van der Waals surface area contributed by atoms with Crippen molar-refractivity contribution in [1.82, 2.24) is 0 Å². The Balaban J connectivity index is 3.07. The molecule has 0 bridgehead atoms. The van der Waals surface area contributed by atoms with Crippen molar-refractivity contribution in [3.8, 4) is 0 Å². The fraction of sp³-hybridized carbons (Fsp3) is 0.467. The van der Waals surface area contributed by atoms with E-state index in [1.807, 2.05) is 39.8 Å². The van der Waals surface area contributed by atoms with Crippen molar-refractivity contribution < 1.29 is 14.3 Å². The van der Waals surface area contributed by atoms with Gasteiger partial charge in [-0.1, -0.05) is 19.1 Å². The normalized spacial score (nSPS) is 11.1. The SMILES string of the molecule is CCc1ccc(C(=O)OC(C)(C)C)c(CC=O)c1. The molecule has 0 unspecified atom stereocenters. The number of carbonyl (C=O) groups excluding carboxylic acids is 2. The van der Waals surface area contributed by atoms with Gasteiger partial charge in [-0.25, -0.2) is 4.79 Å². The van der Waals surface area contributed by atoms with Gasteiger partial charge in [0.05, 0.1) is 5.56 Å². The van der Waals surface area contributed by atoms with Gasteiger partial charge < -0.3 is 9.53 Å². The van der Waals surface area contributed by atoms with E-state index in [4.69, 9.17) is 4.74 Å². The first-order chi connectivity index (χ1) is 8.37. The highest BCUT2D eigenvalue weighted by Crippen LogP contribution is 2.17. The van der Waals surface area contributed by atoms with Crippen molar-refractivity contribution in [1.29, 1.82) is 0 Å². The van der Waals surface area contributed by atoms with Crippen molar-refractivity contribution in [3.63, 3.8) is 0 Å². The topological polar surface area (TPSA) is 43.4 Å². The predicted octanol–water partition coefficient (Wildman–Crippen LogP) is 2.95. The summed E-state index contributed by atoms with van der Waals surface area (Å²) in [4.78, 5) is 22.7. The van der Waals surface area contributed by atoms with Crippen molar-refractivity contribution in [2.24, 2.45) is 0 Å². The van der Waals surface area contributed by atoms with E-state index in [0.29, 0.717) is 5.56 Å². The van der Waals surface area contributed by atoms with Crippen LogP contribution in [-0.4, -0.2) is 17.9 Å². The molecule has 0 fully saturated rings. The molecule has 1 rings (SSSR count). The number of hydrogen-bond acceptors (Lipinski definition) is 3. The molecule has 1 aromatic carbocycles. The van der Waals surface area contributed by atoms with Crippen molar-refractivity contribution in [2.45, 2.75) is 46.1 Å². The van der Waals surface area contributed by atoms with Gasteiger partial charge in [-0.15, -0.1) is 0 Å². The summed E-state index contributed by atoms with van der Waals surface area (Å²) in [6, 6.07) is 5.53. The summed E-state index contributed by atoms with van der Waals surface area (Å²) in [7, 11) is 0. The standard InChI is InChI=1S/C15H20O3/c1-5-11-6-7-13(12(10-11)8-9-16)14(17)18-15(2,3)4/h6-7,9-10H,5,8H2,1-4H3. The quantitative estimate of drug-likeness (QED) is 0.607. The zero-order chi connectivity index (χ0) is 13.8. The Morgan fingerprint density at radius 3 is 2.50 bits per heavy atom. The van der Waals surface area contributed by atoms with Crippen LogP contribution < -0.4 is 0 Å². The lowest BCUT2D eigenvalue weighted by molar-refractivity contribution is -0.107. The van der Waals surface area contributed by atoms with Gasteiger partial charge >= 0.3 is 5.97 Å². The summed E-state index contributed by atoms with van der Waals surface area (Å²) in [5, 5.41) is 0. The molecular weight excluding hydrogens is 228 g/mol. The van der Waals surface area contributed by atoms with E-state index in [2.05, 4.69) is 0 Å². The Morgan fingerprint density at radius 2 is 2.00 bits per heavy atom. The molecule has 0 amide bonds. The Labute approximate surface area is 108 Å². The smallest absolute Gasteiger partial charge is 0.338 e. The number of aryl methyl sites for hydroxylation is 1. The van der Waals surface area contributed by atoms with Gasteiger partial charge in [-0.2, -0.15) is 0 Å². The zero-order valence-electron chi connectivity index (χ0n) is 11.4. The van der Waals surface area contributed by atoms with Crippen LogP contribution in [0.15, 0.2) is 18.2 Å². The van der Waals surface area contributed by atoms with Crippen LogP contribution in [0.3, 0.4) is 0 Å². The maximum absolute atomic E-state index is 12.0. The largest absolute Gasteiger partial charge is 0.456 e.